The van der Waals surface area contributed by atoms with Gasteiger partial charge in [-0.1, -0.05) is 18.2 Å². The molecule has 0 bridgehead atoms. The highest BCUT2D eigenvalue weighted by Crippen LogP contribution is 2.44. The zero-order valence-corrected chi connectivity index (χ0v) is 19.2. The first-order chi connectivity index (χ1) is 16.1. The van der Waals surface area contributed by atoms with Crippen molar-refractivity contribution in [1.29, 1.82) is 0 Å². The van der Waals surface area contributed by atoms with E-state index >= 15 is 0 Å². The molecule has 1 aliphatic heterocycles. The SMILES string of the molecule is COc1ccc([C@@H]2C[C@H](C(F)(F)F)n3nc(C(=O)Nc4cccc(C)c4C)cc3N2)cc1OC. The standard InChI is InChI=1S/C24H25F3N4O3/c1-13-6-5-7-16(14(13)2)29-23(32)18-12-22-28-17(11-21(24(25,26)27)31(22)30-18)15-8-9-19(33-3)20(10-15)34-4/h5-10,12,17,21,28H,11H2,1-4H3,(H,29,32)/t17-,21+/m0/s1. The lowest BCUT2D eigenvalue weighted by Gasteiger charge is -2.33. The van der Waals surface area contributed by atoms with Crippen LogP contribution in [0.25, 0.3) is 0 Å². The van der Waals surface area contributed by atoms with Crippen LogP contribution in [0.15, 0.2) is 42.5 Å². The van der Waals surface area contributed by atoms with Crippen molar-refractivity contribution >= 4 is 17.4 Å². The third-order valence-electron chi connectivity index (χ3n) is 6.09. The Morgan fingerprint density at radius 1 is 1.12 bits per heavy atom. The van der Waals surface area contributed by atoms with Gasteiger partial charge in [-0.25, -0.2) is 4.68 Å². The fraction of sp³-hybridized carbons (Fsp3) is 0.333. The molecule has 2 atom stereocenters. The fourth-order valence-corrected chi connectivity index (χ4v) is 4.05. The summed E-state index contributed by atoms with van der Waals surface area (Å²) in [7, 11) is 2.95. The van der Waals surface area contributed by atoms with Crippen molar-refractivity contribution in [2.45, 2.75) is 38.5 Å². The lowest BCUT2D eigenvalue weighted by atomic mass is 9.96. The number of nitrogens with zero attached hydrogens (tertiary/aromatic N) is 2. The monoisotopic (exact) mass is 474 g/mol. The third kappa shape index (κ3) is 4.40. The van der Waals surface area contributed by atoms with Gasteiger partial charge < -0.3 is 20.1 Å². The number of hydrogen-bond acceptors (Lipinski definition) is 5. The highest BCUT2D eigenvalue weighted by Gasteiger charge is 2.47. The van der Waals surface area contributed by atoms with Crippen molar-refractivity contribution in [3.8, 4) is 11.5 Å². The number of rotatable bonds is 5. The molecule has 0 spiro atoms. The van der Waals surface area contributed by atoms with Crippen molar-refractivity contribution in [1.82, 2.24) is 9.78 Å². The highest BCUT2D eigenvalue weighted by molar-refractivity contribution is 6.03. The van der Waals surface area contributed by atoms with Gasteiger partial charge in [0.25, 0.3) is 5.91 Å². The van der Waals surface area contributed by atoms with Crippen LogP contribution in [0, 0.1) is 13.8 Å². The van der Waals surface area contributed by atoms with E-state index in [1.54, 1.807) is 30.3 Å². The molecule has 2 heterocycles. The second-order valence-corrected chi connectivity index (χ2v) is 8.17. The van der Waals surface area contributed by atoms with Crippen LogP contribution in [0.2, 0.25) is 0 Å². The van der Waals surface area contributed by atoms with E-state index in [1.165, 1.54) is 20.3 Å². The summed E-state index contributed by atoms with van der Waals surface area (Å²) in [4.78, 5) is 12.8. The molecular weight excluding hydrogens is 449 g/mol. The largest absolute Gasteiger partial charge is 0.493 e. The number of nitrogens with one attached hydrogen (secondary N) is 2. The third-order valence-corrected chi connectivity index (χ3v) is 6.09. The normalized spacial score (nSPS) is 17.5. The Balaban J connectivity index is 1.66. The van der Waals surface area contributed by atoms with Crippen molar-refractivity contribution in [3.63, 3.8) is 0 Å². The summed E-state index contributed by atoms with van der Waals surface area (Å²) in [5, 5.41) is 9.85. The van der Waals surface area contributed by atoms with Crippen LogP contribution < -0.4 is 20.1 Å². The molecule has 180 valence electrons. The van der Waals surface area contributed by atoms with E-state index in [4.69, 9.17) is 9.47 Å². The van der Waals surface area contributed by atoms with Crippen LogP contribution in [-0.4, -0.2) is 36.1 Å². The van der Waals surface area contributed by atoms with E-state index in [9.17, 15) is 18.0 Å². The minimum absolute atomic E-state index is 0.106. The van der Waals surface area contributed by atoms with Crippen molar-refractivity contribution in [2.75, 3.05) is 24.9 Å². The number of anilines is 2. The minimum Gasteiger partial charge on any atom is -0.493 e. The molecule has 34 heavy (non-hydrogen) atoms. The topological polar surface area (TPSA) is 77.4 Å². The number of fused-ring (bicyclic) bond motifs is 1. The zero-order chi connectivity index (χ0) is 24.6. The van der Waals surface area contributed by atoms with Gasteiger partial charge in [-0.15, -0.1) is 0 Å². The molecule has 3 aromatic rings. The Morgan fingerprint density at radius 3 is 2.53 bits per heavy atom. The lowest BCUT2D eigenvalue weighted by Crippen LogP contribution is -2.35. The summed E-state index contributed by atoms with van der Waals surface area (Å²) in [5.74, 6) is 0.420. The summed E-state index contributed by atoms with van der Waals surface area (Å²) in [6, 6.07) is 9.18. The van der Waals surface area contributed by atoms with E-state index in [-0.39, 0.29) is 17.9 Å². The van der Waals surface area contributed by atoms with Gasteiger partial charge in [0.05, 0.1) is 20.3 Å². The summed E-state index contributed by atoms with van der Waals surface area (Å²) in [5.41, 5.74) is 2.93. The number of ether oxygens (including phenoxy) is 2. The Kier molecular flexibility index (Phi) is 6.16. The first-order valence-corrected chi connectivity index (χ1v) is 10.6. The molecule has 1 amide bonds. The van der Waals surface area contributed by atoms with Gasteiger partial charge in [-0.05, 0) is 48.7 Å². The number of benzene rings is 2. The molecule has 7 nitrogen and oxygen atoms in total. The quantitative estimate of drug-likeness (QED) is 0.516. The first-order valence-electron chi connectivity index (χ1n) is 10.6. The smallest absolute Gasteiger partial charge is 0.410 e. The van der Waals surface area contributed by atoms with E-state index in [0.29, 0.717) is 22.7 Å². The number of aromatic nitrogens is 2. The Bertz CT molecular complexity index is 1220. The van der Waals surface area contributed by atoms with Crippen molar-refractivity contribution in [3.05, 3.63) is 64.8 Å². The number of alkyl halides is 3. The average molecular weight is 474 g/mol. The van der Waals surface area contributed by atoms with Gasteiger partial charge in [0.1, 0.15) is 5.82 Å². The molecule has 0 fully saturated rings. The predicted octanol–water partition coefficient (Wildman–Crippen LogP) is 5.43. The summed E-state index contributed by atoms with van der Waals surface area (Å²) >= 11 is 0. The molecule has 4 rings (SSSR count). The molecule has 0 saturated heterocycles. The van der Waals surface area contributed by atoms with E-state index in [2.05, 4.69) is 15.7 Å². The highest BCUT2D eigenvalue weighted by atomic mass is 19.4. The molecule has 2 N–H and O–H groups in total. The second-order valence-electron chi connectivity index (χ2n) is 8.17. The van der Waals surface area contributed by atoms with Gasteiger partial charge in [-0.3, -0.25) is 4.79 Å². The Morgan fingerprint density at radius 2 is 1.85 bits per heavy atom. The number of amides is 1. The Hall–Kier alpha value is -3.69. The number of methoxy groups -OCH3 is 2. The van der Waals surface area contributed by atoms with Crippen molar-refractivity contribution in [2.24, 2.45) is 0 Å². The lowest BCUT2D eigenvalue weighted by molar-refractivity contribution is -0.173. The van der Waals surface area contributed by atoms with Gasteiger partial charge in [0.2, 0.25) is 0 Å². The van der Waals surface area contributed by atoms with Crippen LogP contribution in [0.1, 0.15) is 45.7 Å². The minimum atomic E-state index is -4.56. The van der Waals surface area contributed by atoms with Crippen LogP contribution in [0.5, 0.6) is 11.5 Å². The first kappa shape index (κ1) is 23.5. The van der Waals surface area contributed by atoms with Crippen molar-refractivity contribution < 1.29 is 27.4 Å². The van der Waals surface area contributed by atoms with Gasteiger partial charge in [0, 0.05) is 18.2 Å². The Labute approximate surface area is 194 Å². The van der Waals surface area contributed by atoms with E-state index in [1.807, 2.05) is 19.9 Å². The number of carbonyl (C=O) groups is 1. The number of aryl methyl sites for hydroxylation is 1. The summed E-state index contributed by atoms with van der Waals surface area (Å²) in [6.45, 7) is 3.77. The molecule has 1 aromatic heterocycles. The van der Waals surface area contributed by atoms with Crippen LogP contribution in [0.4, 0.5) is 24.7 Å². The summed E-state index contributed by atoms with van der Waals surface area (Å²) < 4.78 is 53.3. The van der Waals surface area contributed by atoms with E-state index in [0.717, 1.165) is 15.8 Å². The fourth-order valence-electron chi connectivity index (χ4n) is 4.05. The number of hydrogen-bond donors (Lipinski definition) is 2. The van der Waals surface area contributed by atoms with Gasteiger partial charge >= 0.3 is 6.18 Å². The molecule has 0 saturated carbocycles. The molecule has 1 aliphatic rings. The average Bonchev–Trinajstić information content (AvgIpc) is 3.24. The molecule has 0 aliphatic carbocycles. The second kappa shape index (κ2) is 8.92. The molecule has 0 unspecified atom stereocenters. The number of carbonyl (C=O) groups excluding carboxylic acids is 1. The van der Waals surface area contributed by atoms with Gasteiger partial charge in [-0.2, -0.15) is 18.3 Å². The van der Waals surface area contributed by atoms with E-state index < -0.39 is 24.2 Å². The van der Waals surface area contributed by atoms with Crippen LogP contribution in [0.3, 0.4) is 0 Å². The summed E-state index contributed by atoms with van der Waals surface area (Å²) in [6.07, 6.45) is -4.86. The molecule has 10 heteroatoms. The molecule has 0 radical (unpaired) electrons. The van der Waals surface area contributed by atoms with Crippen LogP contribution in [-0.2, 0) is 0 Å². The zero-order valence-electron chi connectivity index (χ0n) is 19.2. The molecule has 2 aromatic carbocycles. The maximum atomic E-state index is 14.0. The predicted molar refractivity (Wildman–Crippen MR) is 122 cm³/mol. The van der Waals surface area contributed by atoms with Crippen LogP contribution >= 0.6 is 0 Å². The van der Waals surface area contributed by atoms with Gasteiger partial charge in [0.15, 0.2) is 23.2 Å². The maximum absolute atomic E-state index is 14.0. The molecular formula is C24H25F3N4O3. The maximum Gasteiger partial charge on any atom is 0.410 e. The number of halogens is 3.